The fourth-order valence-electron chi connectivity index (χ4n) is 1.84. The molecule has 0 aliphatic carbocycles. The molecule has 0 aliphatic rings. The number of anilines is 1. The van der Waals surface area contributed by atoms with Crippen molar-refractivity contribution in [3.05, 3.63) is 22.8 Å². The largest absolute Gasteiger partial charge is 0.337 e. The summed E-state index contributed by atoms with van der Waals surface area (Å²) >= 11 is 6.00. The van der Waals surface area contributed by atoms with E-state index in [2.05, 4.69) is 10.4 Å². The van der Waals surface area contributed by atoms with Crippen molar-refractivity contribution in [3.8, 4) is 0 Å². The Balaban J connectivity index is 3.02. The van der Waals surface area contributed by atoms with E-state index < -0.39 is 0 Å². The van der Waals surface area contributed by atoms with Crippen molar-refractivity contribution in [2.45, 2.75) is 32.7 Å². The van der Waals surface area contributed by atoms with Crippen molar-refractivity contribution in [1.29, 1.82) is 0 Å². The second kappa shape index (κ2) is 6.56. The van der Waals surface area contributed by atoms with E-state index in [0.717, 1.165) is 12.8 Å². The maximum Gasteiger partial charge on any atom is 0.274 e. The molecule has 0 saturated carbocycles. The first-order valence-corrected chi connectivity index (χ1v) is 6.33. The molecule has 18 heavy (non-hydrogen) atoms. The van der Waals surface area contributed by atoms with Crippen LogP contribution in [0.5, 0.6) is 0 Å². The first-order chi connectivity index (χ1) is 8.54. The summed E-state index contributed by atoms with van der Waals surface area (Å²) in [5.41, 5.74) is 2.63. The normalized spacial score (nSPS) is 10.6. The van der Waals surface area contributed by atoms with Crippen LogP contribution in [0, 0.1) is 0 Å². The van der Waals surface area contributed by atoms with Gasteiger partial charge in [0.25, 0.3) is 5.91 Å². The molecule has 0 fully saturated rings. The molecular formula is C12H19ClN4O. The molecule has 0 saturated heterocycles. The number of aromatic nitrogens is 1. The van der Waals surface area contributed by atoms with Crippen LogP contribution in [0.15, 0.2) is 12.1 Å². The summed E-state index contributed by atoms with van der Waals surface area (Å²) in [6, 6.07) is 3.42. The minimum Gasteiger partial charge on any atom is -0.337 e. The number of carbonyl (C=O) groups excluding carboxylic acids is 1. The quantitative estimate of drug-likeness (QED) is 0.636. The van der Waals surface area contributed by atoms with E-state index in [-0.39, 0.29) is 17.6 Å². The van der Waals surface area contributed by atoms with Gasteiger partial charge in [-0.15, -0.1) is 0 Å². The van der Waals surface area contributed by atoms with Crippen LogP contribution < -0.4 is 11.3 Å². The van der Waals surface area contributed by atoms with E-state index in [1.807, 2.05) is 13.8 Å². The van der Waals surface area contributed by atoms with Crippen LogP contribution in [0.4, 0.5) is 5.82 Å². The Bertz CT molecular complexity index is 421. The van der Waals surface area contributed by atoms with Gasteiger partial charge in [0, 0.05) is 13.1 Å². The van der Waals surface area contributed by atoms with Crippen molar-refractivity contribution >= 4 is 23.3 Å². The van der Waals surface area contributed by atoms with E-state index in [4.69, 9.17) is 17.4 Å². The predicted molar refractivity (Wildman–Crippen MR) is 73.5 cm³/mol. The zero-order valence-electron chi connectivity index (χ0n) is 10.9. The van der Waals surface area contributed by atoms with Gasteiger partial charge in [-0.1, -0.05) is 25.4 Å². The van der Waals surface area contributed by atoms with Gasteiger partial charge in [-0.05, 0) is 25.0 Å². The number of pyridine rings is 1. The molecule has 0 bridgehead atoms. The average Bonchev–Trinajstić information content (AvgIpc) is 2.39. The number of hydrogen-bond acceptors (Lipinski definition) is 4. The molecule has 0 aliphatic heterocycles. The van der Waals surface area contributed by atoms with E-state index in [0.29, 0.717) is 10.8 Å². The van der Waals surface area contributed by atoms with E-state index >= 15 is 0 Å². The second-order valence-corrected chi connectivity index (χ2v) is 4.46. The Morgan fingerprint density at radius 3 is 2.61 bits per heavy atom. The molecular weight excluding hydrogens is 252 g/mol. The van der Waals surface area contributed by atoms with Crippen LogP contribution in [0.2, 0.25) is 5.02 Å². The standard InChI is InChI=1S/C12H19ClN4O/c1-4-8(5-2)17(3)12(18)11-9(13)6-7-10(15-11)16-14/h6-8H,4-5,14H2,1-3H3,(H,15,16). The molecule has 5 nitrogen and oxygen atoms in total. The third-order valence-corrected chi connectivity index (χ3v) is 3.31. The molecule has 0 atom stereocenters. The van der Waals surface area contributed by atoms with Gasteiger partial charge < -0.3 is 10.3 Å². The highest BCUT2D eigenvalue weighted by atomic mass is 35.5. The lowest BCUT2D eigenvalue weighted by molar-refractivity contribution is 0.0718. The van der Waals surface area contributed by atoms with Crippen LogP contribution in [0.25, 0.3) is 0 Å². The van der Waals surface area contributed by atoms with E-state index in [1.165, 1.54) is 0 Å². The summed E-state index contributed by atoms with van der Waals surface area (Å²) in [5.74, 6) is 5.50. The SMILES string of the molecule is CCC(CC)N(C)C(=O)c1nc(NN)ccc1Cl. The highest BCUT2D eigenvalue weighted by Crippen LogP contribution is 2.19. The van der Waals surface area contributed by atoms with Gasteiger partial charge in [0.05, 0.1) is 5.02 Å². The highest BCUT2D eigenvalue weighted by Gasteiger charge is 2.22. The average molecular weight is 271 g/mol. The van der Waals surface area contributed by atoms with Crippen LogP contribution >= 0.6 is 11.6 Å². The van der Waals surface area contributed by atoms with Crippen molar-refractivity contribution in [3.63, 3.8) is 0 Å². The van der Waals surface area contributed by atoms with Crippen LogP contribution in [0.3, 0.4) is 0 Å². The third kappa shape index (κ3) is 3.11. The molecule has 6 heteroatoms. The summed E-state index contributed by atoms with van der Waals surface area (Å²) in [5, 5.41) is 0.330. The van der Waals surface area contributed by atoms with E-state index in [9.17, 15) is 4.79 Å². The van der Waals surface area contributed by atoms with Gasteiger partial charge in [-0.25, -0.2) is 10.8 Å². The Kier molecular flexibility index (Phi) is 5.37. The molecule has 1 amide bonds. The zero-order chi connectivity index (χ0) is 13.7. The van der Waals surface area contributed by atoms with Gasteiger partial charge in [-0.2, -0.15) is 0 Å². The summed E-state index contributed by atoms with van der Waals surface area (Å²) in [4.78, 5) is 18.1. The molecule has 1 heterocycles. The van der Waals surface area contributed by atoms with Gasteiger partial charge in [0.1, 0.15) is 11.5 Å². The van der Waals surface area contributed by atoms with Gasteiger partial charge >= 0.3 is 0 Å². The number of hydrogen-bond donors (Lipinski definition) is 2. The monoisotopic (exact) mass is 270 g/mol. The number of amides is 1. The van der Waals surface area contributed by atoms with Crippen LogP contribution in [-0.2, 0) is 0 Å². The molecule has 0 unspecified atom stereocenters. The number of carbonyl (C=O) groups is 1. The maximum atomic E-state index is 12.3. The number of hydrazine groups is 1. The first-order valence-electron chi connectivity index (χ1n) is 5.95. The van der Waals surface area contributed by atoms with Crippen molar-refractivity contribution in [1.82, 2.24) is 9.88 Å². The molecule has 3 N–H and O–H groups in total. The lowest BCUT2D eigenvalue weighted by Crippen LogP contribution is -2.37. The summed E-state index contributed by atoms with van der Waals surface area (Å²) in [6.07, 6.45) is 1.79. The number of nitrogens with one attached hydrogen (secondary N) is 1. The van der Waals surface area contributed by atoms with Crippen LogP contribution in [-0.4, -0.2) is 28.9 Å². The molecule has 1 rings (SSSR count). The van der Waals surface area contributed by atoms with Crippen molar-refractivity contribution in [2.75, 3.05) is 12.5 Å². The highest BCUT2D eigenvalue weighted by molar-refractivity contribution is 6.33. The Morgan fingerprint density at radius 1 is 1.50 bits per heavy atom. The predicted octanol–water partition coefficient (Wildman–Crippen LogP) is 2.28. The number of nitrogens with two attached hydrogens (primary N) is 1. The molecule has 0 radical (unpaired) electrons. The zero-order valence-corrected chi connectivity index (χ0v) is 11.7. The fourth-order valence-corrected chi connectivity index (χ4v) is 2.03. The lowest BCUT2D eigenvalue weighted by Gasteiger charge is -2.26. The topological polar surface area (TPSA) is 71.2 Å². The second-order valence-electron chi connectivity index (χ2n) is 4.06. The van der Waals surface area contributed by atoms with E-state index in [1.54, 1.807) is 24.1 Å². The number of rotatable bonds is 5. The number of halogens is 1. The van der Waals surface area contributed by atoms with Gasteiger partial charge in [-0.3, -0.25) is 4.79 Å². The summed E-state index contributed by atoms with van der Waals surface area (Å²) < 4.78 is 0. The van der Waals surface area contributed by atoms with Crippen molar-refractivity contribution < 1.29 is 4.79 Å². The third-order valence-electron chi connectivity index (χ3n) is 3.01. The summed E-state index contributed by atoms with van der Waals surface area (Å²) in [6.45, 7) is 4.09. The minimum atomic E-state index is -0.189. The Labute approximate surface area is 112 Å². The molecule has 100 valence electrons. The molecule has 0 spiro atoms. The molecule has 0 aromatic carbocycles. The van der Waals surface area contributed by atoms with Crippen molar-refractivity contribution in [2.24, 2.45) is 5.84 Å². The summed E-state index contributed by atoms with van der Waals surface area (Å²) in [7, 11) is 1.76. The maximum absolute atomic E-state index is 12.3. The van der Waals surface area contributed by atoms with Gasteiger partial charge in [0.15, 0.2) is 0 Å². The molecule has 1 aromatic heterocycles. The molecule has 1 aromatic rings. The van der Waals surface area contributed by atoms with Crippen LogP contribution in [0.1, 0.15) is 37.2 Å². The van der Waals surface area contributed by atoms with Gasteiger partial charge in [0.2, 0.25) is 0 Å². The fraction of sp³-hybridized carbons (Fsp3) is 0.500. The number of nitrogen functional groups attached to an aromatic ring is 1. The Hall–Kier alpha value is -1.33. The number of nitrogens with zero attached hydrogens (tertiary/aromatic N) is 2. The minimum absolute atomic E-state index is 0.185. The first kappa shape index (κ1) is 14.7. The lowest BCUT2D eigenvalue weighted by atomic mass is 10.1. The Morgan fingerprint density at radius 2 is 2.11 bits per heavy atom. The smallest absolute Gasteiger partial charge is 0.274 e.